The van der Waals surface area contributed by atoms with Gasteiger partial charge in [-0.25, -0.2) is 0 Å². The number of allylic oxidation sites excluding steroid dienone is 4. The second-order valence-electron chi connectivity index (χ2n) is 7.51. The van der Waals surface area contributed by atoms with E-state index in [2.05, 4.69) is 6.92 Å². The topological polar surface area (TPSA) is 54.4 Å². The first kappa shape index (κ1) is 13.4. The van der Waals surface area contributed by atoms with Crippen molar-refractivity contribution < 1.29 is 14.7 Å². The molecule has 0 aliphatic heterocycles. The third-order valence-electron chi connectivity index (χ3n) is 6.77. The molecule has 4 rings (SSSR count). The lowest BCUT2D eigenvalue weighted by molar-refractivity contribution is -0.132. The van der Waals surface area contributed by atoms with Crippen LogP contribution in [-0.4, -0.2) is 22.8 Å². The largest absolute Gasteiger partial charge is 0.393 e. The Balaban J connectivity index is 1.71. The predicted octanol–water partition coefficient (Wildman–Crippen LogP) is 2.59. The molecule has 0 spiro atoms. The van der Waals surface area contributed by atoms with Crippen LogP contribution in [0.3, 0.4) is 0 Å². The molecule has 2 saturated carbocycles. The summed E-state index contributed by atoms with van der Waals surface area (Å²) in [6.45, 7) is 2.25. The standard InChI is InChI=1S/C18H22O3/c1-18-9-8-11-10-4-6-15(19)17(21)13(10)3-2-12(11)14(18)5-7-16(18)20/h4,6,11-12,14,16,20H,2-3,5,7-9H2,1H3/t11-,12-,14+,16+,18+/m1/s1. The molecule has 21 heavy (non-hydrogen) atoms. The van der Waals surface area contributed by atoms with Gasteiger partial charge in [-0.2, -0.15) is 0 Å². The molecule has 5 atom stereocenters. The second kappa shape index (κ2) is 4.39. The van der Waals surface area contributed by atoms with Crippen LogP contribution >= 0.6 is 0 Å². The van der Waals surface area contributed by atoms with Crippen molar-refractivity contribution in [2.75, 3.05) is 0 Å². The normalized spacial score (nSPS) is 45.4. The summed E-state index contributed by atoms with van der Waals surface area (Å²) in [6, 6.07) is 0. The van der Waals surface area contributed by atoms with Crippen molar-refractivity contribution in [2.45, 2.75) is 51.6 Å². The van der Waals surface area contributed by atoms with Gasteiger partial charge in [0.2, 0.25) is 11.6 Å². The summed E-state index contributed by atoms with van der Waals surface area (Å²) in [7, 11) is 0. The Labute approximate surface area is 125 Å². The Bertz CT molecular complexity index is 585. The third-order valence-corrected chi connectivity index (χ3v) is 6.77. The lowest BCUT2D eigenvalue weighted by Gasteiger charge is -2.50. The highest BCUT2D eigenvalue weighted by Gasteiger charge is 2.55. The lowest BCUT2D eigenvalue weighted by atomic mass is 9.54. The maximum atomic E-state index is 12.1. The third kappa shape index (κ3) is 1.70. The van der Waals surface area contributed by atoms with Crippen LogP contribution in [0, 0.1) is 23.2 Å². The Morgan fingerprint density at radius 3 is 2.76 bits per heavy atom. The number of hydrogen-bond acceptors (Lipinski definition) is 3. The number of aliphatic hydroxyl groups excluding tert-OH is 1. The van der Waals surface area contributed by atoms with Gasteiger partial charge in [-0.05, 0) is 73.3 Å². The molecule has 0 saturated heterocycles. The van der Waals surface area contributed by atoms with E-state index in [1.807, 2.05) is 6.08 Å². The van der Waals surface area contributed by atoms with Crippen LogP contribution in [0.25, 0.3) is 0 Å². The highest BCUT2D eigenvalue weighted by atomic mass is 16.3. The first-order valence-corrected chi connectivity index (χ1v) is 8.20. The molecule has 0 amide bonds. The van der Waals surface area contributed by atoms with Gasteiger partial charge in [0.05, 0.1) is 6.10 Å². The van der Waals surface area contributed by atoms with Crippen LogP contribution in [0.1, 0.15) is 45.4 Å². The number of carbonyl (C=O) groups is 2. The minimum absolute atomic E-state index is 0.0669. The number of Topliss-reactive ketones (excluding diaryl/α,β-unsaturated/α-hetero) is 1. The van der Waals surface area contributed by atoms with Crippen molar-refractivity contribution in [1.29, 1.82) is 0 Å². The first-order valence-electron chi connectivity index (χ1n) is 8.20. The van der Waals surface area contributed by atoms with E-state index >= 15 is 0 Å². The van der Waals surface area contributed by atoms with Crippen molar-refractivity contribution in [2.24, 2.45) is 23.2 Å². The summed E-state index contributed by atoms with van der Waals surface area (Å²) in [6.07, 6.45) is 9.06. The van der Waals surface area contributed by atoms with Gasteiger partial charge in [-0.15, -0.1) is 0 Å². The van der Waals surface area contributed by atoms with Gasteiger partial charge in [-0.1, -0.05) is 13.0 Å². The number of ketones is 2. The molecule has 0 aromatic rings. The van der Waals surface area contributed by atoms with Crippen molar-refractivity contribution in [3.63, 3.8) is 0 Å². The van der Waals surface area contributed by atoms with Crippen molar-refractivity contribution in [3.05, 3.63) is 23.3 Å². The fraction of sp³-hybridized carbons (Fsp3) is 0.667. The number of aliphatic hydroxyl groups is 1. The maximum Gasteiger partial charge on any atom is 0.229 e. The fourth-order valence-electron chi connectivity index (χ4n) is 5.59. The smallest absolute Gasteiger partial charge is 0.229 e. The van der Waals surface area contributed by atoms with Crippen LogP contribution in [0.5, 0.6) is 0 Å². The summed E-state index contributed by atoms with van der Waals surface area (Å²) >= 11 is 0. The molecule has 0 bridgehead atoms. The fourth-order valence-corrected chi connectivity index (χ4v) is 5.59. The molecule has 112 valence electrons. The quantitative estimate of drug-likeness (QED) is 0.550. The van der Waals surface area contributed by atoms with Gasteiger partial charge in [0.25, 0.3) is 0 Å². The van der Waals surface area contributed by atoms with E-state index in [-0.39, 0.29) is 23.1 Å². The first-order chi connectivity index (χ1) is 10.0. The van der Waals surface area contributed by atoms with Gasteiger partial charge in [0.15, 0.2) is 0 Å². The number of hydrogen-bond donors (Lipinski definition) is 1. The Morgan fingerprint density at radius 2 is 1.95 bits per heavy atom. The molecule has 3 nitrogen and oxygen atoms in total. The maximum absolute atomic E-state index is 12.1. The average Bonchev–Trinajstić information content (AvgIpc) is 2.78. The summed E-state index contributed by atoms with van der Waals surface area (Å²) in [5.74, 6) is 0.937. The SMILES string of the molecule is C[C@]12CC[C@@H]3C4=C(CC[C@H]3[C@@H]1CC[C@@H]2O)C(=O)C(=O)C=C4. The van der Waals surface area contributed by atoms with Gasteiger partial charge in [-0.3, -0.25) is 9.59 Å². The van der Waals surface area contributed by atoms with E-state index in [9.17, 15) is 14.7 Å². The number of fused-ring (bicyclic) bond motifs is 4. The van der Waals surface area contributed by atoms with Crippen LogP contribution in [0.15, 0.2) is 23.3 Å². The molecule has 0 aromatic carbocycles. The minimum atomic E-state index is -0.357. The Kier molecular flexibility index (Phi) is 2.81. The number of rotatable bonds is 0. The summed E-state index contributed by atoms with van der Waals surface area (Å²) in [4.78, 5) is 23.7. The van der Waals surface area contributed by atoms with E-state index in [1.165, 1.54) is 6.08 Å². The zero-order valence-corrected chi connectivity index (χ0v) is 12.5. The Morgan fingerprint density at radius 1 is 1.14 bits per heavy atom. The predicted molar refractivity (Wildman–Crippen MR) is 78.5 cm³/mol. The van der Waals surface area contributed by atoms with E-state index < -0.39 is 0 Å². The van der Waals surface area contributed by atoms with Gasteiger partial charge < -0.3 is 5.11 Å². The molecule has 0 unspecified atom stereocenters. The van der Waals surface area contributed by atoms with Crippen molar-refractivity contribution in [3.8, 4) is 0 Å². The van der Waals surface area contributed by atoms with Crippen LogP contribution in [-0.2, 0) is 9.59 Å². The molecule has 2 fully saturated rings. The summed E-state index contributed by atoms with van der Waals surface area (Å²) in [5.41, 5.74) is 1.99. The molecule has 0 radical (unpaired) electrons. The van der Waals surface area contributed by atoms with Gasteiger partial charge >= 0.3 is 0 Å². The van der Waals surface area contributed by atoms with E-state index in [0.29, 0.717) is 17.8 Å². The molecular weight excluding hydrogens is 264 g/mol. The molecule has 4 aliphatic carbocycles. The van der Waals surface area contributed by atoms with Gasteiger partial charge in [0, 0.05) is 5.57 Å². The minimum Gasteiger partial charge on any atom is -0.393 e. The number of carbonyl (C=O) groups excluding carboxylic acids is 2. The van der Waals surface area contributed by atoms with E-state index in [0.717, 1.165) is 49.7 Å². The van der Waals surface area contributed by atoms with E-state index in [4.69, 9.17) is 0 Å². The van der Waals surface area contributed by atoms with Crippen LogP contribution in [0.4, 0.5) is 0 Å². The lowest BCUT2D eigenvalue weighted by Crippen LogP contribution is -2.45. The average molecular weight is 286 g/mol. The summed E-state index contributed by atoms with van der Waals surface area (Å²) in [5, 5.41) is 10.4. The van der Waals surface area contributed by atoms with Crippen molar-refractivity contribution >= 4 is 11.6 Å². The highest BCUT2D eigenvalue weighted by Crippen LogP contribution is 2.60. The zero-order chi connectivity index (χ0) is 14.8. The van der Waals surface area contributed by atoms with Crippen LogP contribution < -0.4 is 0 Å². The van der Waals surface area contributed by atoms with Crippen LogP contribution in [0.2, 0.25) is 0 Å². The zero-order valence-electron chi connectivity index (χ0n) is 12.5. The summed E-state index contributed by atoms with van der Waals surface area (Å²) < 4.78 is 0. The van der Waals surface area contributed by atoms with E-state index in [1.54, 1.807) is 0 Å². The van der Waals surface area contributed by atoms with Gasteiger partial charge in [0.1, 0.15) is 0 Å². The molecule has 3 heteroatoms. The highest BCUT2D eigenvalue weighted by molar-refractivity contribution is 6.48. The molecular formula is C18H22O3. The molecule has 4 aliphatic rings. The molecule has 0 aromatic heterocycles. The monoisotopic (exact) mass is 286 g/mol. The second-order valence-corrected chi connectivity index (χ2v) is 7.51. The molecule has 0 heterocycles. The van der Waals surface area contributed by atoms with Crippen molar-refractivity contribution in [1.82, 2.24) is 0 Å². The Hall–Kier alpha value is -1.22. The molecule has 1 N–H and O–H groups in total.